The average Bonchev–Trinajstić information content (AvgIpc) is 3.07. The van der Waals surface area contributed by atoms with E-state index in [0.717, 1.165) is 25.2 Å². The quantitative estimate of drug-likeness (QED) is 0.905. The average molecular weight is 271 g/mol. The van der Waals surface area contributed by atoms with E-state index in [1.165, 1.54) is 11.3 Å². The van der Waals surface area contributed by atoms with Crippen LogP contribution in [0.15, 0.2) is 36.5 Å². The number of nitrogens with one attached hydrogen (secondary N) is 1. The van der Waals surface area contributed by atoms with E-state index in [0.29, 0.717) is 12.0 Å². The monoisotopic (exact) mass is 271 g/mol. The Morgan fingerprint density at radius 2 is 2.25 bits per heavy atom. The van der Waals surface area contributed by atoms with Crippen LogP contribution in [-0.2, 0) is 13.5 Å². The SMILES string of the molecule is CNC(CCc1ccnn1C)C1COc2ccccc21. The zero-order chi connectivity index (χ0) is 13.9. The fraction of sp³-hybridized carbons (Fsp3) is 0.438. The summed E-state index contributed by atoms with van der Waals surface area (Å²) in [7, 11) is 4.03. The molecule has 2 heterocycles. The van der Waals surface area contributed by atoms with Crippen molar-refractivity contribution in [2.75, 3.05) is 13.7 Å². The molecule has 0 bridgehead atoms. The lowest BCUT2D eigenvalue weighted by molar-refractivity contribution is 0.297. The first-order chi connectivity index (χ1) is 9.79. The van der Waals surface area contributed by atoms with E-state index >= 15 is 0 Å². The maximum absolute atomic E-state index is 5.80. The summed E-state index contributed by atoms with van der Waals surface area (Å²) < 4.78 is 7.75. The Morgan fingerprint density at radius 1 is 1.40 bits per heavy atom. The van der Waals surface area contributed by atoms with Gasteiger partial charge in [-0.25, -0.2) is 0 Å². The molecule has 0 aliphatic carbocycles. The van der Waals surface area contributed by atoms with Crippen LogP contribution in [-0.4, -0.2) is 29.5 Å². The van der Waals surface area contributed by atoms with Gasteiger partial charge in [-0.15, -0.1) is 0 Å². The van der Waals surface area contributed by atoms with Gasteiger partial charge < -0.3 is 10.1 Å². The Labute approximate surface area is 119 Å². The Balaban J connectivity index is 1.70. The topological polar surface area (TPSA) is 39.1 Å². The van der Waals surface area contributed by atoms with Crippen molar-refractivity contribution in [2.45, 2.75) is 24.8 Å². The second-order valence-corrected chi connectivity index (χ2v) is 5.34. The molecule has 0 radical (unpaired) electrons. The van der Waals surface area contributed by atoms with Gasteiger partial charge in [0.25, 0.3) is 0 Å². The summed E-state index contributed by atoms with van der Waals surface area (Å²) in [4.78, 5) is 0. The first-order valence-electron chi connectivity index (χ1n) is 7.15. The van der Waals surface area contributed by atoms with Gasteiger partial charge >= 0.3 is 0 Å². The van der Waals surface area contributed by atoms with Gasteiger partial charge in [0.05, 0.1) is 6.61 Å². The molecule has 2 aromatic rings. The molecule has 20 heavy (non-hydrogen) atoms. The lowest BCUT2D eigenvalue weighted by Crippen LogP contribution is -2.33. The molecule has 2 unspecified atom stereocenters. The van der Waals surface area contributed by atoms with Crippen LogP contribution in [0, 0.1) is 0 Å². The number of hydrogen-bond donors (Lipinski definition) is 1. The summed E-state index contributed by atoms with van der Waals surface area (Å²) >= 11 is 0. The summed E-state index contributed by atoms with van der Waals surface area (Å²) in [5.74, 6) is 1.47. The number of hydrogen-bond acceptors (Lipinski definition) is 3. The largest absolute Gasteiger partial charge is 0.493 e. The minimum atomic E-state index is 0.425. The lowest BCUT2D eigenvalue weighted by atomic mass is 9.90. The van der Waals surface area contributed by atoms with Crippen molar-refractivity contribution in [3.05, 3.63) is 47.8 Å². The predicted octanol–water partition coefficient (Wildman–Crippen LogP) is 2.12. The molecule has 1 aliphatic heterocycles. The van der Waals surface area contributed by atoms with E-state index in [1.54, 1.807) is 0 Å². The number of aromatic nitrogens is 2. The van der Waals surface area contributed by atoms with Crippen LogP contribution in [0.25, 0.3) is 0 Å². The van der Waals surface area contributed by atoms with E-state index in [4.69, 9.17) is 4.74 Å². The van der Waals surface area contributed by atoms with Crippen molar-refractivity contribution in [2.24, 2.45) is 7.05 Å². The van der Waals surface area contributed by atoms with E-state index in [9.17, 15) is 0 Å². The summed E-state index contributed by atoms with van der Waals surface area (Å²) in [5.41, 5.74) is 2.61. The zero-order valence-electron chi connectivity index (χ0n) is 12.0. The van der Waals surface area contributed by atoms with Crippen LogP contribution in [0.2, 0.25) is 0 Å². The van der Waals surface area contributed by atoms with Crippen LogP contribution in [0.3, 0.4) is 0 Å². The third-order valence-electron chi connectivity index (χ3n) is 4.23. The van der Waals surface area contributed by atoms with Gasteiger partial charge in [0.2, 0.25) is 0 Å². The first kappa shape index (κ1) is 13.2. The van der Waals surface area contributed by atoms with Gasteiger partial charge in [-0.3, -0.25) is 4.68 Å². The van der Waals surface area contributed by atoms with Crippen LogP contribution < -0.4 is 10.1 Å². The summed E-state index contributed by atoms with van der Waals surface area (Å²) in [6.07, 6.45) is 3.97. The van der Waals surface area contributed by atoms with Gasteiger partial charge in [-0.1, -0.05) is 18.2 Å². The van der Waals surface area contributed by atoms with Crippen molar-refractivity contribution in [3.8, 4) is 5.75 Å². The van der Waals surface area contributed by atoms with Gasteiger partial charge in [-0.2, -0.15) is 5.10 Å². The number of aryl methyl sites for hydroxylation is 2. The minimum absolute atomic E-state index is 0.425. The molecular formula is C16H21N3O. The first-order valence-corrected chi connectivity index (χ1v) is 7.15. The predicted molar refractivity (Wildman–Crippen MR) is 79.1 cm³/mol. The number of rotatable bonds is 5. The third-order valence-corrected chi connectivity index (χ3v) is 4.23. The summed E-state index contributed by atoms with van der Waals surface area (Å²) in [6, 6.07) is 10.9. The van der Waals surface area contributed by atoms with Crippen LogP contribution in [0.1, 0.15) is 23.6 Å². The summed E-state index contributed by atoms with van der Waals surface area (Å²) in [6.45, 7) is 0.774. The number of likely N-dealkylation sites (N-methyl/N-ethyl adjacent to an activating group) is 1. The molecule has 0 spiro atoms. The van der Waals surface area contributed by atoms with Gasteiger partial charge in [0, 0.05) is 36.5 Å². The van der Waals surface area contributed by atoms with E-state index < -0.39 is 0 Å². The van der Waals surface area contributed by atoms with Crippen molar-refractivity contribution < 1.29 is 4.74 Å². The molecule has 0 fully saturated rings. The highest BCUT2D eigenvalue weighted by atomic mass is 16.5. The molecule has 3 rings (SSSR count). The van der Waals surface area contributed by atoms with Crippen LogP contribution in [0.5, 0.6) is 5.75 Å². The maximum Gasteiger partial charge on any atom is 0.122 e. The normalized spacial score (nSPS) is 18.6. The molecule has 0 saturated carbocycles. The Morgan fingerprint density at radius 3 is 3.00 bits per heavy atom. The van der Waals surface area contributed by atoms with Crippen LogP contribution >= 0.6 is 0 Å². The standard InChI is InChI=1S/C16H21N3O/c1-17-15(8-7-12-9-10-18-19(12)2)14-11-20-16-6-4-3-5-13(14)16/h3-6,9-10,14-15,17H,7-8,11H2,1-2H3. The van der Waals surface area contributed by atoms with Gasteiger partial charge in [0.15, 0.2) is 0 Å². The third kappa shape index (κ3) is 2.43. The fourth-order valence-corrected chi connectivity index (χ4v) is 3.02. The number of nitrogens with zero attached hydrogens (tertiary/aromatic N) is 2. The molecule has 1 aliphatic rings. The zero-order valence-corrected chi connectivity index (χ0v) is 12.0. The molecule has 0 saturated heterocycles. The summed E-state index contributed by atoms with van der Waals surface area (Å²) in [5, 5.41) is 7.68. The Kier molecular flexibility index (Phi) is 3.74. The molecule has 0 amide bonds. The molecule has 2 atom stereocenters. The number of ether oxygens (including phenoxy) is 1. The highest BCUT2D eigenvalue weighted by molar-refractivity contribution is 5.40. The Bertz CT molecular complexity index is 579. The highest BCUT2D eigenvalue weighted by Gasteiger charge is 2.30. The molecule has 1 aromatic heterocycles. The number of para-hydroxylation sites is 1. The fourth-order valence-electron chi connectivity index (χ4n) is 3.02. The smallest absolute Gasteiger partial charge is 0.122 e. The second-order valence-electron chi connectivity index (χ2n) is 5.34. The minimum Gasteiger partial charge on any atom is -0.493 e. The molecule has 4 nitrogen and oxygen atoms in total. The van der Waals surface area contributed by atoms with Crippen molar-refractivity contribution in [3.63, 3.8) is 0 Å². The Hall–Kier alpha value is -1.81. The number of benzene rings is 1. The second kappa shape index (κ2) is 5.67. The van der Waals surface area contributed by atoms with E-state index in [1.807, 2.05) is 31.0 Å². The van der Waals surface area contributed by atoms with Crippen molar-refractivity contribution in [1.29, 1.82) is 0 Å². The number of fused-ring (bicyclic) bond motifs is 1. The molecule has 106 valence electrons. The molecule has 1 aromatic carbocycles. The molecule has 4 heteroatoms. The van der Waals surface area contributed by atoms with E-state index in [2.05, 4.69) is 34.7 Å². The molecular weight excluding hydrogens is 250 g/mol. The van der Waals surface area contributed by atoms with Crippen LogP contribution in [0.4, 0.5) is 0 Å². The van der Waals surface area contributed by atoms with Gasteiger partial charge in [0.1, 0.15) is 5.75 Å². The van der Waals surface area contributed by atoms with Crippen molar-refractivity contribution >= 4 is 0 Å². The van der Waals surface area contributed by atoms with E-state index in [-0.39, 0.29) is 0 Å². The molecule has 1 N–H and O–H groups in total. The maximum atomic E-state index is 5.80. The van der Waals surface area contributed by atoms with Gasteiger partial charge in [-0.05, 0) is 32.0 Å². The highest BCUT2D eigenvalue weighted by Crippen LogP contribution is 2.36. The lowest BCUT2D eigenvalue weighted by Gasteiger charge is -2.22. The van der Waals surface area contributed by atoms with Crippen molar-refractivity contribution in [1.82, 2.24) is 15.1 Å².